The van der Waals surface area contributed by atoms with Crippen LogP contribution in [0.5, 0.6) is 0 Å². The molecule has 6 heteroatoms. The first-order chi connectivity index (χ1) is 12.5. The van der Waals surface area contributed by atoms with Crippen molar-refractivity contribution in [3.8, 4) is 0 Å². The van der Waals surface area contributed by atoms with Crippen LogP contribution in [0.2, 0.25) is 5.02 Å². The van der Waals surface area contributed by atoms with E-state index < -0.39 is 6.04 Å². The molecular weight excluding hydrogens is 352 g/mol. The zero-order chi connectivity index (χ0) is 18.4. The number of benzene rings is 1. The number of fused-ring (bicyclic) bond motifs is 1. The molecule has 1 aromatic carbocycles. The fraction of sp³-hybridized carbons (Fsp3) is 0.450. The number of likely N-dealkylation sites (tertiary alicyclic amines) is 1. The van der Waals surface area contributed by atoms with Crippen molar-refractivity contribution in [3.05, 3.63) is 41.4 Å². The second-order valence-corrected chi connectivity index (χ2v) is 7.74. The summed E-state index contributed by atoms with van der Waals surface area (Å²) >= 11 is 5.87. The van der Waals surface area contributed by atoms with Crippen LogP contribution in [0.15, 0.2) is 36.4 Å². The Morgan fingerprint density at radius 2 is 1.65 bits per heavy atom. The van der Waals surface area contributed by atoms with Gasteiger partial charge in [-0.2, -0.15) is 0 Å². The highest BCUT2D eigenvalue weighted by Gasteiger charge is 2.58. The number of hydrogen-bond acceptors (Lipinski definition) is 3. The first-order valence-electron chi connectivity index (χ1n) is 9.13. The van der Waals surface area contributed by atoms with Gasteiger partial charge in [0, 0.05) is 10.7 Å². The van der Waals surface area contributed by atoms with Crippen molar-refractivity contribution in [1.29, 1.82) is 0 Å². The smallest absolute Gasteiger partial charge is 0.247 e. The Bertz CT molecular complexity index is 757. The first-order valence-corrected chi connectivity index (χ1v) is 9.50. The van der Waals surface area contributed by atoms with Crippen LogP contribution >= 0.6 is 11.6 Å². The van der Waals surface area contributed by atoms with Crippen LogP contribution in [-0.2, 0) is 14.4 Å². The molecule has 5 atom stereocenters. The lowest BCUT2D eigenvalue weighted by molar-refractivity contribution is -0.146. The molecule has 1 saturated heterocycles. The molecule has 26 heavy (non-hydrogen) atoms. The summed E-state index contributed by atoms with van der Waals surface area (Å²) in [5, 5.41) is 3.37. The Hall–Kier alpha value is -2.14. The van der Waals surface area contributed by atoms with E-state index in [2.05, 4.69) is 17.5 Å². The Morgan fingerprint density at radius 1 is 1.12 bits per heavy atom. The highest BCUT2D eigenvalue weighted by Crippen LogP contribution is 2.50. The summed E-state index contributed by atoms with van der Waals surface area (Å²) in [7, 11) is 0. The average molecular weight is 373 g/mol. The molecule has 5 unspecified atom stereocenters. The maximum absolute atomic E-state index is 13.0. The maximum atomic E-state index is 13.0. The Morgan fingerprint density at radius 3 is 2.12 bits per heavy atom. The average Bonchev–Trinajstić information content (AvgIpc) is 2.93. The number of nitrogens with zero attached hydrogens (tertiary/aromatic N) is 1. The number of allylic oxidation sites excluding steroid dienone is 2. The van der Waals surface area contributed by atoms with Gasteiger partial charge >= 0.3 is 0 Å². The number of amides is 3. The van der Waals surface area contributed by atoms with Crippen molar-refractivity contribution in [3.63, 3.8) is 0 Å². The number of hydrogen-bond donors (Lipinski definition) is 1. The number of halogens is 1. The highest BCUT2D eigenvalue weighted by molar-refractivity contribution is 6.30. The Kier molecular flexibility index (Phi) is 4.35. The van der Waals surface area contributed by atoms with Crippen molar-refractivity contribution in [2.45, 2.75) is 32.2 Å². The predicted octanol–water partition coefficient (Wildman–Crippen LogP) is 3.25. The lowest BCUT2D eigenvalue weighted by Crippen LogP contribution is -2.47. The Labute approximate surface area is 157 Å². The van der Waals surface area contributed by atoms with E-state index in [1.165, 1.54) is 4.90 Å². The topological polar surface area (TPSA) is 66.5 Å². The van der Waals surface area contributed by atoms with E-state index in [1.807, 2.05) is 6.92 Å². The van der Waals surface area contributed by atoms with Gasteiger partial charge in [0.2, 0.25) is 17.7 Å². The van der Waals surface area contributed by atoms with Crippen molar-refractivity contribution in [2.75, 3.05) is 5.32 Å². The molecule has 2 bridgehead atoms. The third-order valence-electron chi connectivity index (χ3n) is 5.91. The summed E-state index contributed by atoms with van der Waals surface area (Å²) in [5.74, 6) is -1.02. The molecule has 1 aromatic rings. The standard InChI is InChI=1S/C20H21ClN2O3/c1-2-15(18(24)22-14-9-7-13(21)8-10-14)23-19(25)16-11-3-4-12(6-5-11)17(16)20(23)26/h3-4,7-12,15-17H,2,5-6H2,1H3,(H,22,24). The van der Waals surface area contributed by atoms with Gasteiger partial charge in [-0.15, -0.1) is 0 Å². The molecule has 0 aromatic heterocycles. The lowest BCUT2D eigenvalue weighted by Gasteiger charge is -2.38. The maximum Gasteiger partial charge on any atom is 0.247 e. The number of carbonyl (C=O) groups is 3. The van der Waals surface area contributed by atoms with Crippen LogP contribution in [0.4, 0.5) is 5.69 Å². The van der Waals surface area contributed by atoms with Gasteiger partial charge in [0.05, 0.1) is 11.8 Å². The second-order valence-electron chi connectivity index (χ2n) is 7.31. The van der Waals surface area contributed by atoms with E-state index in [9.17, 15) is 14.4 Å². The quantitative estimate of drug-likeness (QED) is 0.651. The molecule has 136 valence electrons. The van der Waals surface area contributed by atoms with Gasteiger partial charge in [-0.1, -0.05) is 30.7 Å². The summed E-state index contributed by atoms with van der Waals surface area (Å²) in [6, 6.07) is 5.98. The predicted molar refractivity (Wildman–Crippen MR) is 98.3 cm³/mol. The number of rotatable bonds is 4. The zero-order valence-corrected chi connectivity index (χ0v) is 15.3. The van der Waals surface area contributed by atoms with E-state index in [0.29, 0.717) is 17.1 Å². The molecule has 3 aliphatic carbocycles. The summed E-state index contributed by atoms with van der Waals surface area (Å²) in [6.07, 6.45) is 6.45. The SMILES string of the molecule is CCC(C(=O)Nc1ccc(Cl)cc1)N1C(=O)C2C3C=CC(CC3)C2C1=O. The van der Waals surface area contributed by atoms with Gasteiger partial charge in [-0.25, -0.2) is 0 Å². The highest BCUT2D eigenvalue weighted by atomic mass is 35.5. The van der Waals surface area contributed by atoms with E-state index in [0.717, 1.165) is 12.8 Å². The van der Waals surface area contributed by atoms with Crippen LogP contribution in [-0.4, -0.2) is 28.7 Å². The van der Waals surface area contributed by atoms with E-state index in [-0.39, 0.29) is 41.4 Å². The van der Waals surface area contributed by atoms with Gasteiger partial charge in [0.25, 0.3) is 0 Å². The molecule has 1 aliphatic heterocycles. The van der Waals surface area contributed by atoms with Crippen molar-refractivity contribution in [2.24, 2.45) is 23.7 Å². The van der Waals surface area contributed by atoms with Crippen LogP contribution in [0, 0.1) is 23.7 Å². The summed E-state index contributed by atoms with van der Waals surface area (Å²) in [5.41, 5.74) is 0.594. The largest absolute Gasteiger partial charge is 0.324 e. The summed E-state index contributed by atoms with van der Waals surface area (Å²) in [6.45, 7) is 1.82. The molecule has 5 rings (SSSR count). The minimum Gasteiger partial charge on any atom is -0.324 e. The van der Waals surface area contributed by atoms with Crippen LogP contribution in [0.3, 0.4) is 0 Å². The van der Waals surface area contributed by atoms with E-state index in [4.69, 9.17) is 11.6 Å². The normalized spacial score (nSPS) is 30.5. The molecule has 5 nitrogen and oxygen atoms in total. The van der Waals surface area contributed by atoms with Crippen LogP contribution in [0.25, 0.3) is 0 Å². The van der Waals surface area contributed by atoms with Crippen molar-refractivity contribution in [1.82, 2.24) is 4.90 Å². The number of carbonyl (C=O) groups excluding carboxylic acids is 3. The molecule has 0 spiro atoms. The molecule has 0 radical (unpaired) electrons. The van der Waals surface area contributed by atoms with Gasteiger partial charge in [-0.05, 0) is 55.4 Å². The fourth-order valence-corrected chi connectivity index (χ4v) is 4.77. The van der Waals surface area contributed by atoms with Gasteiger partial charge in [0.1, 0.15) is 6.04 Å². The number of nitrogens with one attached hydrogen (secondary N) is 1. The van der Waals surface area contributed by atoms with Gasteiger partial charge < -0.3 is 5.32 Å². The van der Waals surface area contributed by atoms with Gasteiger partial charge in [0.15, 0.2) is 0 Å². The minimum atomic E-state index is -0.782. The second kappa shape index (κ2) is 6.54. The number of anilines is 1. The van der Waals surface area contributed by atoms with Gasteiger partial charge in [-0.3, -0.25) is 19.3 Å². The van der Waals surface area contributed by atoms with Crippen molar-refractivity contribution >= 4 is 35.0 Å². The van der Waals surface area contributed by atoms with Crippen molar-refractivity contribution < 1.29 is 14.4 Å². The summed E-state index contributed by atoms with van der Waals surface area (Å²) in [4.78, 5) is 40.1. The monoisotopic (exact) mass is 372 g/mol. The Balaban J connectivity index is 1.56. The molecule has 4 aliphatic rings. The molecule has 1 heterocycles. The van der Waals surface area contributed by atoms with Crippen LogP contribution < -0.4 is 5.32 Å². The molecular formula is C20H21ClN2O3. The molecule has 3 amide bonds. The van der Waals surface area contributed by atoms with Crippen LogP contribution in [0.1, 0.15) is 26.2 Å². The third-order valence-corrected chi connectivity index (χ3v) is 6.16. The van der Waals surface area contributed by atoms with E-state index >= 15 is 0 Å². The molecule has 2 fully saturated rings. The fourth-order valence-electron chi connectivity index (χ4n) is 4.65. The lowest BCUT2D eigenvalue weighted by atomic mass is 9.63. The number of imide groups is 1. The van der Waals surface area contributed by atoms with E-state index in [1.54, 1.807) is 24.3 Å². The molecule has 1 N–H and O–H groups in total. The summed E-state index contributed by atoms with van der Waals surface area (Å²) < 4.78 is 0. The minimum absolute atomic E-state index is 0.128. The third kappa shape index (κ3) is 2.65. The zero-order valence-electron chi connectivity index (χ0n) is 14.5. The molecule has 1 saturated carbocycles. The first kappa shape index (κ1) is 17.3.